The Kier molecular flexibility index (Phi) is 4.12. The summed E-state index contributed by atoms with van der Waals surface area (Å²) in [6.45, 7) is 5.97. The fraction of sp³-hybridized carbons (Fsp3) is 0.667. The minimum absolute atomic E-state index is 0.0560. The van der Waals surface area contributed by atoms with Gasteiger partial charge in [0.2, 0.25) is 5.91 Å². The standard InChI is InChI=1S/C12H19N3OS/c1-9-8-17-12(13-9)14-11(16)10(2)15-6-4-3-5-7-15/h8,10H,3-7H2,1-2H3,(H,13,14,16). The van der Waals surface area contributed by atoms with Crippen LogP contribution in [0.1, 0.15) is 31.9 Å². The van der Waals surface area contributed by atoms with E-state index in [-0.39, 0.29) is 11.9 Å². The number of piperidine rings is 1. The summed E-state index contributed by atoms with van der Waals surface area (Å²) in [5, 5.41) is 5.54. The van der Waals surface area contributed by atoms with Crippen LogP contribution in [0.15, 0.2) is 5.38 Å². The molecule has 94 valence electrons. The molecule has 1 unspecified atom stereocenters. The predicted molar refractivity (Wildman–Crippen MR) is 70.4 cm³/mol. The number of hydrogen-bond acceptors (Lipinski definition) is 4. The molecule has 0 aromatic carbocycles. The Labute approximate surface area is 106 Å². The number of nitrogens with one attached hydrogen (secondary N) is 1. The Bertz CT molecular complexity index is 385. The summed E-state index contributed by atoms with van der Waals surface area (Å²) in [6.07, 6.45) is 3.69. The Morgan fingerprint density at radius 3 is 2.76 bits per heavy atom. The van der Waals surface area contributed by atoms with Gasteiger partial charge in [-0.3, -0.25) is 9.69 Å². The highest BCUT2D eigenvalue weighted by molar-refractivity contribution is 7.13. The lowest BCUT2D eigenvalue weighted by Gasteiger charge is -2.31. The van der Waals surface area contributed by atoms with Gasteiger partial charge in [0.05, 0.1) is 11.7 Å². The number of anilines is 1. The minimum Gasteiger partial charge on any atom is -0.301 e. The van der Waals surface area contributed by atoms with Crippen LogP contribution in [-0.2, 0) is 4.79 Å². The molecule has 0 bridgehead atoms. The molecule has 4 nitrogen and oxygen atoms in total. The van der Waals surface area contributed by atoms with Crippen molar-refractivity contribution in [2.45, 2.75) is 39.2 Å². The van der Waals surface area contributed by atoms with Gasteiger partial charge in [-0.2, -0.15) is 0 Å². The molecule has 1 N–H and O–H groups in total. The van der Waals surface area contributed by atoms with Crippen LogP contribution in [0.2, 0.25) is 0 Å². The van der Waals surface area contributed by atoms with Gasteiger partial charge in [-0.05, 0) is 39.8 Å². The zero-order chi connectivity index (χ0) is 12.3. The molecule has 0 saturated carbocycles. The molecule has 1 fully saturated rings. The second-order valence-corrected chi connectivity index (χ2v) is 5.41. The fourth-order valence-electron chi connectivity index (χ4n) is 2.09. The van der Waals surface area contributed by atoms with Crippen molar-refractivity contribution in [3.63, 3.8) is 0 Å². The van der Waals surface area contributed by atoms with Gasteiger partial charge in [-0.15, -0.1) is 11.3 Å². The fourth-order valence-corrected chi connectivity index (χ4v) is 2.78. The van der Waals surface area contributed by atoms with Crippen LogP contribution in [0, 0.1) is 6.92 Å². The molecule has 1 aliphatic heterocycles. The average molecular weight is 253 g/mol. The summed E-state index contributed by atoms with van der Waals surface area (Å²) in [7, 11) is 0. The number of thiazole rings is 1. The minimum atomic E-state index is -0.0560. The first-order chi connectivity index (χ1) is 8.16. The molecule has 0 spiro atoms. The van der Waals surface area contributed by atoms with Gasteiger partial charge in [0.1, 0.15) is 0 Å². The van der Waals surface area contributed by atoms with Gasteiger partial charge in [0.25, 0.3) is 0 Å². The van der Waals surface area contributed by atoms with Crippen LogP contribution in [0.4, 0.5) is 5.13 Å². The quantitative estimate of drug-likeness (QED) is 0.898. The van der Waals surface area contributed by atoms with Crippen LogP contribution < -0.4 is 5.32 Å². The second-order valence-electron chi connectivity index (χ2n) is 4.56. The second kappa shape index (κ2) is 5.60. The number of aryl methyl sites for hydroxylation is 1. The molecule has 1 aliphatic rings. The zero-order valence-corrected chi connectivity index (χ0v) is 11.2. The first-order valence-electron chi connectivity index (χ1n) is 6.14. The summed E-state index contributed by atoms with van der Waals surface area (Å²) in [5.74, 6) is 0.0567. The van der Waals surface area contributed by atoms with Gasteiger partial charge in [0.15, 0.2) is 5.13 Å². The summed E-state index contributed by atoms with van der Waals surface area (Å²) < 4.78 is 0. The molecule has 17 heavy (non-hydrogen) atoms. The third-order valence-corrected chi connectivity index (χ3v) is 4.04. The number of carbonyl (C=O) groups is 1. The Balaban J connectivity index is 1.90. The van der Waals surface area contributed by atoms with Crippen LogP contribution in [0.3, 0.4) is 0 Å². The van der Waals surface area contributed by atoms with Crippen molar-refractivity contribution in [3.05, 3.63) is 11.1 Å². The van der Waals surface area contributed by atoms with Crippen molar-refractivity contribution >= 4 is 22.4 Å². The third kappa shape index (κ3) is 3.26. The lowest BCUT2D eigenvalue weighted by atomic mass is 10.1. The van der Waals surface area contributed by atoms with E-state index < -0.39 is 0 Å². The first kappa shape index (κ1) is 12.5. The number of rotatable bonds is 3. The van der Waals surface area contributed by atoms with Crippen LogP contribution in [0.5, 0.6) is 0 Å². The van der Waals surface area contributed by atoms with Crippen LogP contribution >= 0.6 is 11.3 Å². The van der Waals surface area contributed by atoms with E-state index >= 15 is 0 Å². The average Bonchev–Trinajstić information content (AvgIpc) is 2.75. The van der Waals surface area contributed by atoms with E-state index in [4.69, 9.17) is 0 Å². The maximum Gasteiger partial charge on any atom is 0.243 e. The van der Waals surface area contributed by atoms with Gasteiger partial charge in [0, 0.05) is 5.38 Å². The highest BCUT2D eigenvalue weighted by Crippen LogP contribution is 2.17. The Hall–Kier alpha value is -0.940. The molecule has 0 radical (unpaired) electrons. The van der Waals surface area contributed by atoms with Gasteiger partial charge < -0.3 is 5.32 Å². The molecule has 1 saturated heterocycles. The summed E-state index contributed by atoms with van der Waals surface area (Å²) in [4.78, 5) is 18.5. The topological polar surface area (TPSA) is 45.2 Å². The predicted octanol–water partition coefficient (Wildman–Crippen LogP) is 2.26. The molecule has 5 heteroatoms. The number of likely N-dealkylation sites (tertiary alicyclic amines) is 1. The number of amides is 1. The van der Waals surface area contributed by atoms with E-state index in [2.05, 4.69) is 15.2 Å². The zero-order valence-electron chi connectivity index (χ0n) is 10.4. The van der Waals surface area contributed by atoms with Crippen molar-refractivity contribution in [2.24, 2.45) is 0 Å². The lowest BCUT2D eigenvalue weighted by molar-refractivity contribution is -0.121. The molecular weight excluding hydrogens is 234 g/mol. The molecule has 0 aliphatic carbocycles. The van der Waals surface area contributed by atoms with E-state index in [0.717, 1.165) is 18.8 Å². The molecule has 1 atom stereocenters. The van der Waals surface area contributed by atoms with Gasteiger partial charge >= 0.3 is 0 Å². The lowest BCUT2D eigenvalue weighted by Crippen LogP contribution is -2.44. The summed E-state index contributed by atoms with van der Waals surface area (Å²) in [6, 6.07) is -0.0560. The van der Waals surface area contributed by atoms with Crippen molar-refractivity contribution in [3.8, 4) is 0 Å². The smallest absolute Gasteiger partial charge is 0.243 e. The third-order valence-electron chi connectivity index (χ3n) is 3.17. The largest absolute Gasteiger partial charge is 0.301 e. The van der Waals surface area contributed by atoms with E-state index in [0.29, 0.717) is 5.13 Å². The normalized spacial score (nSPS) is 18.9. The number of aromatic nitrogens is 1. The summed E-state index contributed by atoms with van der Waals surface area (Å²) in [5.41, 5.74) is 0.955. The molecule has 1 amide bonds. The molecule has 1 aromatic rings. The summed E-state index contributed by atoms with van der Waals surface area (Å²) >= 11 is 1.48. The van der Waals surface area contributed by atoms with Crippen molar-refractivity contribution < 1.29 is 4.79 Å². The van der Waals surface area contributed by atoms with E-state index in [1.54, 1.807) is 0 Å². The van der Waals surface area contributed by atoms with Crippen LogP contribution in [0.25, 0.3) is 0 Å². The van der Waals surface area contributed by atoms with E-state index in [1.807, 2.05) is 19.2 Å². The molecule has 2 rings (SSSR count). The van der Waals surface area contributed by atoms with Gasteiger partial charge in [-0.25, -0.2) is 4.98 Å². The number of nitrogens with zero attached hydrogens (tertiary/aromatic N) is 2. The number of carbonyl (C=O) groups excluding carboxylic acids is 1. The van der Waals surface area contributed by atoms with Crippen molar-refractivity contribution in [1.29, 1.82) is 0 Å². The van der Waals surface area contributed by atoms with Crippen molar-refractivity contribution in [2.75, 3.05) is 18.4 Å². The van der Waals surface area contributed by atoms with E-state index in [9.17, 15) is 4.79 Å². The Morgan fingerprint density at radius 2 is 2.18 bits per heavy atom. The van der Waals surface area contributed by atoms with Crippen LogP contribution in [-0.4, -0.2) is 34.9 Å². The van der Waals surface area contributed by atoms with Gasteiger partial charge in [-0.1, -0.05) is 6.42 Å². The molecule has 1 aromatic heterocycles. The first-order valence-corrected chi connectivity index (χ1v) is 7.02. The maximum atomic E-state index is 12.0. The highest BCUT2D eigenvalue weighted by atomic mass is 32.1. The van der Waals surface area contributed by atoms with E-state index in [1.165, 1.54) is 30.6 Å². The molecule has 2 heterocycles. The Morgan fingerprint density at radius 1 is 1.47 bits per heavy atom. The maximum absolute atomic E-state index is 12.0. The SMILES string of the molecule is Cc1csc(NC(=O)C(C)N2CCCCC2)n1. The molecular formula is C12H19N3OS. The highest BCUT2D eigenvalue weighted by Gasteiger charge is 2.23. The number of hydrogen-bond donors (Lipinski definition) is 1. The van der Waals surface area contributed by atoms with Crippen molar-refractivity contribution in [1.82, 2.24) is 9.88 Å². The monoisotopic (exact) mass is 253 g/mol.